The quantitative estimate of drug-likeness (QED) is 0.727. The summed E-state index contributed by atoms with van der Waals surface area (Å²) >= 11 is 9.17. The van der Waals surface area contributed by atoms with Gasteiger partial charge in [0.25, 0.3) is 0 Å². The molecule has 0 unspecified atom stereocenters. The fraction of sp³-hybridized carbons (Fsp3) is 0.231. The van der Waals surface area contributed by atoms with Gasteiger partial charge in [-0.1, -0.05) is 11.6 Å². The van der Waals surface area contributed by atoms with Crippen molar-refractivity contribution in [3.05, 3.63) is 33.3 Å². The van der Waals surface area contributed by atoms with Crippen molar-refractivity contribution in [3.63, 3.8) is 0 Å². The van der Waals surface area contributed by atoms with E-state index in [4.69, 9.17) is 21.1 Å². The molecule has 1 aromatic heterocycles. The van der Waals surface area contributed by atoms with Gasteiger partial charge in [0.15, 0.2) is 28.3 Å². The minimum absolute atomic E-state index is 0.196. The zero-order chi connectivity index (χ0) is 14.3. The van der Waals surface area contributed by atoms with Gasteiger partial charge in [0.1, 0.15) is 13.2 Å². The van der Waals surface area contributed by atoms with Gasteiger partial charge < -0.3 is 9.47 Å². The van der Waals surface area contributed by atoms with E-state index in [1.165, 1.54) is 0 Å². The first-order chi connectivity index (χ1) is 9.56. The molecule has 1 aromatic carbocycles. The lowest BCUT2D eigenvalue weighted by molar-refractivity contribution is 0.170. The molecule has 0 spiro atoms. The summed E-state index contributed by atoms with van der Waals surface area (Å²) < 4.78 is 25.2. The summed E-state index contributed by atoms with van der Waals surface area (Å²) in [5, 5.41) is -0.196. The molecule has 3 rings (SSSR count). The predicted octanol–water partition coefficient (Wildman–Crippen LogP) is 3.78. The maximum Gasteiger partial charge on any atom is 0.181 e. The first kappa shape index (κ1) is 13.6. The molecule has 0 saturated carbocycles. The van der Waals surface area contributed by atoms with Gasteiger partial charge in [-0.2, -0.15) is 0 Å². The van der Waals surface area contributed by atoms with Crippen LogP contribution in [0.25, 0.3) is 11.4 Å². The van der Waals surface area contributed by atoms with E-state index in [1.807, 2.05) is 0 Å². The van der Waals surface area contributed by atoms with Crippen LogP contribution in [0.4, 0.5) is 4.39 Å². The maximum absolute atomic E-state index is 13.5. The third kappa shape index (κ3) is 2.33. The Kier molecular flexibility index (Phi) is 3.52. The highest BCUT2D eigenvalue weighted by molar-refractivity contribution is 9.10. The molecule has 4 nitrogen and oxygen atoms in total. The summed E-state index contributed by atoms with van der Waals surface area (Å²) in [6.45, 7) is 2.52. The van der Waals surface area contributed by atoms with Gasteiger partial charge in [0.05, 0.1) is 10.2 Å². The summed E-state index contributed by atoms with van der Waals surface area (Å²) in [5.74, 6) is 0.978. The first-order valence-corrected chi connectivity index (χ1v) is 7.02. The number of ether oxygens (including phenoxy) is 2. The minimum Gasteiger partial charge on any atom is -0.486 e. The predicted molar refractivity (Wildman–Crippen MR) is 75.9 cm³/mol. The highest BCUT2D eigenvalue weighted by atomic mass is 79.9. The second kappa shape index (κ2) is 5.18. The average Bonchev–Trinajstić information content (AvgIpc) is 2.44. The van der Waals surface area contributed by atoms with Crippen molar-refractivity contribution in [3.8, 4) is 22.9 Å². The van der Waals surface area contributed by atoms with Crippen LogP contribution in [0.1, 0.15) is 5.69 Å². The van der Waals surface area contributed by atoms with Crippen LogP contribution in [0.2, 0.25) is 5.15 Å². The normalized spacial score (nSPS) is 13.4. The van der Waals surface area contributed by atoms with Crippen molar-refractivity contribution in [1.29, 1.82) is 0 Å². The summed E-state index contributed by atoms with van der Waals surface area (Å²) in [6, 6.07) is 3.54. The summed E-state index contributed by atoms with van der Waals surface area (Å²) in [4.78, 5) is 8.06. The van der Waals surface area contributed by atoms with Crippen molar-refractivity contribution in [2.24, 2.45) is 0 Å². The van der Waals surface area contributed by atoms with Crippen LogP contribution in [0.15, 0.2) is 16.6 Å². The molecule has 7 heteroatoms. The molecule has 1 aliphatic rings. The minimum atomic E-state index is -0.605. The highest BCUT2D eigenvalue weighted by Gasteiger charge is 2.19. The zero-order valence-electron chi connectivity index (χ0n) is 10.4. The van der Waals surface area contributed by atoms with Crippen molar-refractivity contribution in [2.75, 3.05) is 13.2 Å². The van der Waals surface area contributed by atoms with Crippen LogP contribution >= 0.6 is 27.5 Å². The van der Waals surface area contributed by atoms with E-state index in [0.717, 1.165) is 4.47 Å². The summed E-state index contributed by atoms with van der Waals surface area (Å²) in [6.07, 6.45) is 0. The van der Waals surface area contributed by atoms with Crippen molar-refractivity contribution >= 4 is 27.5 Å². The van der Waals surface area contributed by atoms with E-state index >= 15 is 0 Å². The summed E-state index contributed by atoms with van der Waals surface area (Å²) in [7, 11) is 0. The Balaban J connectivity index is 2.13. The molecule has 0 aliphatic carbocycles. The van der Waals surface area contributed by atoms with Crippen molar-refractivity contribution in [2.45, 2.75) is 6.92 Å². The van der Waals surface area contributed by atoms with Crippen LogP contribution in [-0.2, 0) is 0 Å². The molecule has 0 atom stereocenters. The van der Waals surface area contributed by atoms with E-state index in [2.05, 4.69) is 25.9 Å². The number of hydrogen-bond acceptors (Lipinski definition) is 4. The molecule has 0 bridgehead atoms. The van der Waals surface area contributed by atoms with Crippen LogP contribution in [0.5, 0.6) is 11.5 Å². The van der Waals surface area contributed by atoms with Gasteiger partial charge in [0.2, 0.25) is 0 Å². The lowest BCUT2D eigenvalue weighted by atomic mass is 10.1. The van der Waals surface area contributed by atoms with Crippen LogP contribution in [0, 0.1) is 12.7 Å². The maximum atomic E-state index is 13.5. The number of aryl methyl sites for hydroxylation is 1. The van der Waals surface area contributed by atoms with Gasteiger partial charge >= 0.3 is 0 Å². The van der Waals surface area contributed by atoms with Gasteiger partial charge in [-0.3, -0.25) is 0 Å². The van der Waals surface area contributed by atoms with Crippen LogP contribution < -0.4 is 9.47 Å². The molecular formula is C13H9BrClFN2O2. The topological polar surface area (TPSA) is 44.2 Å². The fourth-order valence-corrected chi connectivity index (χ4v) is 2.67. The van der Waals surface area contributed by atoms with Gasteiger partial charge in [-0.05, 0) is 35.0 Å². The van der Waals surface area contributed by atoms with E-state index in [0.29, 0.717) is 36.1 Å². The standard InChI is InChI=1S/C13H9BrClFN2O2/c1-6-10(16)12(15)18-13(17-6)7-4-8(14)11-9(5-7)19-2-3-20-11/h4-5H,2-3H2,1H3. The van der Waals surface area contributed by atoms with Gasteiger partial charge in [-0.15, -0.1) is 0 Å². The SMILES string of the molecule is Cc1nc(-c2cc(Br)c3c(c2)OCCO3)nc(Cl)c1F. The van der Waals surface area contributed by atoms with E-state index in [9.17, 15) is 4.39 Å². The molecule has 2 aromatic rings. The molecule has 0 fully saturated rings. The number of nitrogens with zero attached hydrogens (tertiary/aromatic N) is 2. The molecule has 0 N–H and O–H groups in total. The Bertz CT molecular complexity index is 673. The second-order valence-electron chi connectivity index (χ2n) is 4.22. The molecule has 2 heterocycles. The lowest BCUT2D eigenvalue weighted by Gasteiger charge is -2.20. The highest BCUT2D eigenvalue weighted by Crippen LogP contribution is 2.40. The summed E-state index contributed by atoms with van der Waals surface area (Å²) in [5.41, 5.74) is 0.872. The first-order valence-electron chi connectivity index (χ1n) is 5.85. The number of benzene rings is 1. The Morgan fingerprint density at radius 1 is 1.25 bits per heavy atom. The second-order valence-corrected chi connectivity index (χ2v) is 5.43. The van der Waals surface area contributed by atoms with Crippen molar-refractivity contribution in [1.82, 2.24) is 9.97 Å². The van der Waals surface area contributed by atoms with Crippen LogP contribution in [0.3, 0.4) is 0 Å². The van der Waals surface area contributed by atoms with Crippen LogP contribution in [-0.4, -0.2) is 23.2 Å². The number of rotatable bonds is 1. The molecular weight excluding hydrogens is 351 g/mol. The molecule has 0 amide bonds. The van der Waals surface area contributed by atoms with Crippen molar-refractivity contribution < 1.29 is 13.9 Å². The molecule has 0 radical (unpaired) electrons. The third-order valence-corrected chi connectivity index (χ3v) is 3.67. The molecule has 104 valence electrons. The molecule has 1 aliphatic heterocycles. The van der Waals surface area contributed by atoms with E-state index < -0.39 is 5.82 Å². The third-order valence-electron chi connectivity index (χ3n) is 2.83. The van der Waals surface area contributed by atoms with E-state index in [1.54, 1.807) is 19.1 Å². The number of hydrogen-bond donors (Lipinski definition) is 0. The monoisotopic (exact) mass is 358 g/mol. The Morgan fingerprint density at radius 2 is 2.00 bits per heavy atom. The Hall–Kier alpha value is -1.40. The molecule has 0 saturated heterocycles. The van der Waals surface area contributed by atoms with E-state index in [-0.39, 0.29) is 10.8 Å². The zero-order valence-corrected chi connectivity index (χ0v) is 12.8. The fourth-order valence-electron chi connectivity index (χ4n) is 1.89. The number of halogens is 3. The molecule has 20 heavy (non-hydrogen) atoms. The van der Waals surface area contributed by atoms with Gasteiger partial charge in [-0.25, -0.2) is 14.4 Å². The average molecular weight is 360 g/mol. The number of fused-ring (bicyclic) bond motifs is 1. The number of aromatic nitrogens is 2. The Labute approximate surface area is 128 Å². The lowest BCUT2D eigenvalue weighted by Crippen LogP contribution is -2.15. The Morgan fingerprint density at radius 3 is 2.75 bits per heavy atom. The van der Waals surface area contributed by atoms with Gasteiger partial charge in [0, 0.05) is 5.56 Å². The largest absolute Gasteiger partial charge is 0.486 e. The smallest absolute Gasteiger partial charge is 0.181 e.